The van der Waals surface area contributed by atoms with Gasteiger partial charge in [0.15, 0.2) is 5.75 Å². The molecule has 1 unspecified atom stereocenters. The van der Waals surface area contributed by atoms with Crippen LogP contribution in [-0.2, 0) is 46.5 Å². The number of aryl methyl sites for hydroxylation is 1. The van der Waals surface area contributed by atoms with E-state index in [1.807, 2.05) is 127 Å². The summed E-state index contributed by atoms with van der Waals surface area (Å²) >= 11 is 0. The molecular weight excluding hydrogens is 1260 g/mol. The van der Waals surface area contributed by atoms with Crippen LogP contribution < -0.4 is 20.5 Å². The van der Waals surface area contributed by atoms with E-state index in [0.29, 0.717) is 96.1 Å². The SMILES string of the molecule is CO[C@@H](C)COc1cc(CC(C)(C)N2C[C@@H]3C[C@H]2CN3C(=O)O)c2cc(C3CC3)c(-c3c(C)c(F)cc4nn(C(c5ccccc5)(c5ccccc5)c5ccccc5)cc34)c(OCc3ccc(C(=O)N4CCN(Cc5ccc6c(c5)n(C)c(=O)n6C5CCC(=O)NC5=O)C[C@@H]4C)cc3)c2n1. The number of nitrogens with zero attached hydrogens (tertiary/aromatic N) is 9. The quantitative estimate of drug-likeness (QED) is 0.0540. The Morgan fingerprint density at radius 1 is 0.760 bits per heavy atom. The highest BCUT2D eigenvalue weighted by atomic mass is 19.1. The van der Waals surface area contributed by atoms with Crippen LogP contribution in [-0.4, -0.2) is 149 Å². The van der Waals surface area contributed by atoms with Gasteiger partial charge in [-0.3, -0.25) is 43.3 Å². The fraction of sp³-hybridized carbons (Fsp3) is 0.362. The second-order valence-electron chi connectivity index (χ2n) is 28.7. The van der Waals surface area contributed by atoms with Gasteiger partial charge >= 0.3 is 11.8 Å². The zero-order valence-corrected chi connectivity index (χ0v) is 57.5. The summed E-state index contributed by atoms with van der Waals surface area (Å²) in [5.41, 5.74) is 9.55. The van der Waals surface area contributed by atoms with Crippen molar-refractivity contribution in [2.45, 2.75) is 134 Å². The molecule has 10 aromatic rings. The second kappa shape index (κ2) is 26.3. The molecule has 15 rings (SSSR count). The molecule has 514 valence electrons. The number of rotatable bonds is 20. The molecule has 5 atom stereocenters. The summed E-state index contributed by atoms with van der Waals surface area (Å²) in [4.78, 5) is 79.0. The maximum Gasteiger partial charge on any atom is 0.407 e. The third-order valence-electron chi connectivity index (χ3n) is 21.7. The van der Waals surface area contributed by atoms with Crippen LogP contribution in [0.25, 0.3) is 44.0 Å². The third kappa shape index (κ3) is 11.9. The van der Waals surface area contributed by atoms with Gasteiger partial charge in [-0.2, -0.15) is 5.10 Å². The number of pyridine rings is 1. The minimum atomic E-state index is -1.01. The molecule has 4 amide bonds. The molecule has 7 aromatic carbocycles. The number of hydrogen-bond acceptors (Lipinski definition) is 12. The van der Waals surface area contributed by atoms with E-state index >= 15 is 4.39 Å². The van der Waals surface area contributed by atoms with E-state index in [4.69, 9.17) is 24.3 Å². The van der Waals surface area contributed by atoms with E-state index < -0.39 is 34.9 Å². The first-order valence-electron chi connectivity index (χ1n) is 34.8. The molecule has 4 saturated heterocycles. The molecule has 2 bridgehead atoms. The monoisotopic (exact) mass is 1350 g/mol. The van der Waals surface area contributed by atoms with E-state index in [0.717, 1.165) is 74.5 Å². The van der Waals surface area contributed by atoms with Crippen LogP contribution in [0.2, 0.25) is 0 Å². The van der Waals surface area contributed by atoms with Gasteiger partial charge in [-0.15, -0.1) is 0 Å². The zero-order valence-electron chi connectivity index (χ0n) is 57.5. The average Bonchev–Trinajstić information content (AvgIpc) is 1.44. The highest BCUT2D eigenvalue weighted by Crippen LogP contribution is 2.54. The summed E-state index contributed by atoms with van der Waals surface area (Å²) in [5.74, 6) is -0.387. The van der Waals surface area contributed by atoms with Crippen molar-refractivity contribution in [3.05, 3.63) is 224 Å². The minimum Gasteiger partial charge on any atom is -0.486 e. The summed E-state index contributed by atoms with van der Waals surface area (Å²) in [6, 6.07) is 49.3. The summed E-state index contributed by atoms with van der Waals surface area (Å²) < 4.78 is 42.4. The van der Waals surface area contributed by atoms with Gasteiger partial charge in [-0.1, -0.05) is 109 Å². The number of imidazole rings is 1. The predicted molar refractivity (Wildman–Crippen MR) is 380 cm³/mol. The standard InChI is InChI=1S/C80H83FN10O9/c1-48-41-86(42-52-25-30-66-68(35-52)85(6)77(95)91(66)67-31-32-69(92)82-75(67)93)33-34-87(48)76(94)54-26-23-51(24-27-54)47-100-74-72(71-50(3)64(81)39-65-63(71)45-90(84-65)80(56-17-11-8-12-18-56,57-19-13-9-14-20-57)58-21-15-10-16-22-58)61(53-28-29-53)38-62-55(36-70(83-73(62)74)99-46-49(2)98-7)40-79(4,5)89-44-59-37-60(89)43-88(59)78(96)97/h8-27,30,35-36,38-39,45,48-49,53,59-60,67H,28-29,31-34,37,40-44,46-47H2,1-7H3,(H,96,97)(H,82,92,93)/t48-,49-,59-,60-,67?/m0/s1. The number of carboxylic acid groups (broad SMARTS) is 1. The minimum absolute atomic E-state index is 0.0580. The number of methoxy groups -OCH3 is 1. The molecule has 19 nitrogen and oxygen atoms in total. The lowest BCUT2D eigenvalue weighted by atomic mass is 9.77. The largest absolute Gasteiger partial charge is 0.486 e. The molecular formula is C80H83FN10O9. The van der Waals surface area contributed by atoms with E-state index in [-0.39, 0.29) is 73.7 Å². The van der Waals surface area contributed by atoms with Crippen molar-refractivity contribution >= 4 is 56.7 Å². The normalized spacial score (nSPS) is 19.5. The number of carbonyl (C=O) groups is 4. The first-order chi connectivity index (χ1) is 48.3. The van der Waals surface area contributed by atoms with Gasteiger partial charge in [0.25, 0.3) is 5.91 Å². The number of piperidine rings is 1. The number of fused-ring (bicyclic) bond motifs is 5. The molecule has 0 spiro atoms. The number of halogens is 1. The van der Waals surface area contributed by atoms with Crippen molar-refractivity contribution in [1.29, 1.82) is 0 Å². The number of aromatic nitrogens is 5. The van der Waals surface area contributed by atoms with E-state index in [1.165, 1.54) is 4.57 Å². The number of piperazine rings is 2. The Morgan fingerprint density at radius 3 is 2.06 bits per heavy atom. The molecule has 5 fully saturated rings. The highest BCUT2D eigenvalue weighted by molar-refractivity contribution is 6.05. The number of likely N-dealkylation sites (tertiary alicyclic amines) is 2. The molecule has 3 aromatic heterocycles. The number of nitrogens with one attached hydrogen (secondary N) is 1. The van der Waals surface area contributed by atoms with Gasteiger partial charge < -0.3 is 29.1 Å². The van der Waals surface area contributed by atoms with Crippen LogP contribution >= 0.6 is 0 Å². The van der Waals surface area contributed by atoms with Gasteiger partial charge in [0.1, 0.15) is 36.1 Å². The Bertz CT molecular complexity index is 4800. The Hall–Kier alpha value is -10.0. The van der Waals surface area contributed by atoms with E-state index in [9.17, 15) is 29.1 Å². The maximum absolute atomic E-state index is 17.6. The first-order valence-corrected chi connectivity index (χ1v) is 34.8. The topological polar surface area (TPSA) is 199 Å². The van der Waals surface area contributed by atoms with Crippen LogP contribution in [0.15, 0.2) is 163 Å². The lowest BCUT2D eigenvalue weighted by Crippen LogP contribution is -2.56. The number of ether oxygens (including phenoxy) is 3. The van der Waals surface area contributed by atoms with E-state index in [2.05, 4.69) is 84.5 Å². The number of imide groups is 1. The summed E-state index contributed by atoms with van der Waals surface area (Å²) in [6.07, 6.45) is 4.49. The molecule has 5 aliphatic rings. The Labute approximate surface area is 579 Å². The van der Waals surface area contributed by atoms with Gasteiger partial charge in [0.2, 0.25) is 17.7 Å². The Balaban J connectivity index is 0.798. The van der Waals surface area contributed by atoms with Gasteiger partial charge in [0.05, 0.1) is 22.7 Å². The average molecular weight is 1350 g/mol. The third-order valence-corrected chi connectivity index (χ3v) is 21.7. The van der Waals surface area contributed by atoms with Gasteiger partial charge in [0, 0.05) is 129 Å². The van der Waals surface area contributed by atoms with Gasteiger partial charge in [-0.05, 0) is 147 Å². The van der Waals surface area contributed by atoms with Crippen LogP contribution in [0.1, 0.15) is 127 Å². The molecule has 2 N–H and O–H groups in total. The summed E-state index contributed by atoms with van der Waals surface area (Å²) in [7, 11) is 3.34. The van der Waals surface area contributed by atoms with Crippen molar-refractivity contribution in [3.63, 3.8) is 0 Å². The summed E-state index contributed by atoms with van der Waals surface area (Å²) in [6.45, 7) is 13.9. The van der Waals surface area contributed by atoms with Crippen molar-refractivity contribution in [3.8, 4) is 22.8 Å². The van der Waals surface area contributed by atoms with Crippen molar-refractivity contribution < 1.29 is 42.9 Å². The molecule has 20 heteroatoms. The molecule has 1 saturated carbocycles. The highest BCUT2D eigenvalue weighted by Gasteiger charge is 2.50. The molecule has 1 aliphatic carbocycles. The van der Waals surface area contributed by atoms with Crippen LogP contribution in [0, 0.1) is 12.7 Å². The molecule has 4 aliphatic heterocycles. The van der Waals surface area contributed by atoms with Crippen molar-refractivity contribution in [1.82, 2.24) is 48.8 Å². The van der Waals surface area contributed by atoms with Crippen LogP contribution in [0.4, 0.5) is 9.18 Å². The van der Waals surface area contributed by atoms with Gasteiger partial charge in [-0.25, -0.2) is 19.0 Å². The molecule has 0 radical (unpaired) electrons. The summed E-state index contributed by atoms with van der Waals surface area (Å²) in [5, 5.41) is 19.6. The van der Waals surface area contributed by atoms with Crippen LogP contribution in [0.5, 0.6) is 11.6 Å². The van der Waals surface area contributed by atoms with Crippen molar-refractivity contribution in [2.75, 3.05) is 46.4 Å². The number of hydrogen-bond donors (Lipinski definition) is 2. The lowest BCUT2D eigenvalue weighted by molar-refractivity contribution is -0.135. The predicted octanol–water partition coefficient (Wildman–Crippen LogP) is 12.1. The van der Waals surface area contributed by atoms with Crippen molar-refractivity contribution in [2.24, 2.45) is 7.05 Å². The fourth-order valence-electron chi connectivity index (χ4n) is 16.4. The lowest BCUT2D eigenvalue weighted by Gasteiger charge is -2.43. The fourth-order valence-corrected chi connectivity index (χ4v) is 16.4. The zero-order chi connectivity index (χ0) is 69.5. The second-order valence-corrected chi connectivity index (χ2v) is 28.7. The van der Waals surface area contributed by atoms with Crippen LogP contribution in [0.3, 0.4) is 0 Å². The molecule has 7 heterocycles. The smallest absolute Gasteiger partial charge is 0.407 e. The Morgan fingerprint density at radius 2 is 1.44 bits per heavy atom. The number of carbonyl (C=O) groups excluding carboxylic acids is 3. The first kappa shape index (κ1) is 65.9. The maximum atomic E-state index is 17.6. The molecule has 100 heavy (non-hydrogen) atoms. The number of benzene rings is 7. The Kier molecular flexibility index (Phi) is 17.3. The van der Waals surface area contributed by atoms with E-state index in [1.54, 1.807) is 29.7 Å². The number of amides is 4.